The summed E-state index contributed by atoms with van der Waals surface area (Å²) >= 11 is 5.92. The van der Waals surface area contributed by atoms with Gasteiger partial charge in [-0.2, -0.15) is 5.10 Å². The number of hydrogen-bond donors (Lipinski definition) is 2. The van der Waals surface area contributed by atoms with E-state index in [1.807, 2.05) is 38.2 Å². The van der Waals surface area contributed by atoms with Crippen LogP contribution in [-0.2, 0) is 16.6 Å². The van der Waals surface area contributed by atoms with E-state index in [9.17, 15) is 9.59 Å². The van der Waals surface area contributed by atoms with Crippen LogP contribution in [0.3, 0.4) is 0 Å². The van der Waals surface area contributed by atoms with Crippen LogP contribution in [0.4, 0.5) is 16.2 Å². The molecule has 2 aromatic carbocycles. The molecular formula is C28H34ClN5O4. The predicted octanol–water partition coefficient (Wildman–Crippen LogP) is 5.43. The molecule has 0 radical (unpaired) electrons. The number of nitrogens with one attached hydrogen (secondary N) is 2. The number of halogens is 1. The van der Waals surface area contributed by atoms with E-state index < -0.39 is 0 Å². The Bertz CT molecular complexity index is 1230. The van der Waals surface area contributed by atoms with Gasteiger partial charge in [-0.25, -0.2) is 4.79 Å². The van der Waals surface area contributed by atoms with Crippen LogP contribution in [0, 0.1) is 5.92 Å². The maximum Gasteiger partial charge on any atom is 0.323 e. The number of carbonyl (C=O) groups is 2. The molecule has 4 rings (SSSR count). The molecular weight excluding hydrogens is 506 g/mol. The van der Waals surface area contributed by atoms with E-state index in [0.717, 1.165) is 43.7 Å². The van der Waals surface area contributed by atoms with Crippen molar-refractivity contribution < 1.29 is 19.1 Å². The molecule has 0 aliphatic carbocycles. The van der Waals surface area contributed by atoms with Crippen molar-refractivity contribution in [3.63, 3.8) is 0 Å². The Labute approximate surface area is 228 Å². The maximum atomic E-state index is 12.6. The summed E-state index contributed by atoms with van der Waals surface area (Å²) in [5.74, 6) is 0.904. The highest BCUT2D eigenvalue weighted by Crippen LogP contribution is 2.33. The Morgan fingerprint density at radius 1 is 1.11 bits per heavy atom. The van der Waals surface area contributed by atoms with E-state index in [4.69, 9.17) is 21.1 Å². The Kier molecular flexibility index (Phi) is 9.62. The number of aromatic nitrogens is 2. The van der Waals surface area contributed by atoms with E-state index >= 15 is 0 Å². The number of amides is 2. The van der Waals surface area contributed by atoms with Gasteiger partial charge in [0.2, 0.25) is 0 Å². The van der Waals surface area contributed by atoms with Gasteiger partial charge in [0.25, 0.3) is 0 Å². The molecule has 1 aromatic heterocycles. The first kappa shape index (κ1) is 27.5. The van der Waals surface area contributed by atoms with Crippen molar-refractivity contribution in [2.24, 2.45) is 13.0 Å². The fourth-order valence-corrected chi connectivity index (χ4v) is 4.79. The normalized spacial score (nSPS) is 15.6. The Balaban J connectivity index is 1.38. The maximum absolute atomic E-state index is 12.6. The number of rotatable bonds is 10. The molecule has 2 N–H and O–H groups in total. The molecule has 1 atom stereocenters. The first-order valence-electron chi connectivity index (χ1n) is 12.9. The van der Waals surface area contributed by atoms with Gasteiger partial charge in [0, 0.05) is 54.7 Å². The standard InChI is InChI=1S/C28H34ClN5O4/c1-3-37-27(35)17-20-5-4-14-34(19-20)15-16-38-26-11-10-23(18-24(26)25-12-13-30-33(25)2)32-28(36)31-22-8-6-21(29)7-9-22/h6-13,18,20H,3-5,14-17,19H2,1-2H3,(H2,31,32,36). The Morgan fingerprint density at radius 2 is 1.87 bits per heavy atom. The summed E-state index contributed by atoms with van der Waals surface area (Å²) < 4.78 is 13.1. The van der Waals surface area contributed by atoms with Crippen LogP contribution in [0.15, 0.2) is 54.7 Å². The van der Waals surface area contributed by atoms with Crippen LogP contribution < -0.4 is 15.4 Å². The average Bonchev–Trinajstić information content (AvgIpc) is 3.32. The highest BCUT2D eigenvalue weighted by molar-refractivity contribution is 6.30. The number of hydrogen-bond acceptors (Lipinski definition) is 6. The summed E-state index contributed by atoms with van der Waals surface area (Å²) in [6.45, 7) is 5.37. The fraction of sp³-hybridized carbons (Fsp3) is 0.393. The zero-order valence-electron chi connectivity index (χ0n) is 21.8. The lowest BCUT2D eigenvalue weighted by Gasteiger charge is -2.32. The van der Waals surface area contributed by atoms with Crippen LogP contribution >= 0.6 is 11.6 Å². The first-order chi connectivity index (χ1) is 18.4. The molecule has 202 valence electrons. The van der Waals surface area contributed by atoms with Crippen molar-refractivity contribution >= 4 is 35.0 Å². The van der Waals surface area contributed by atoms with Gasteiger partial charge in [-0.15, -0.1) is 0 Å². The van der Waals surface area contributed by atoms with Crippen molar-refractivity contribution in [3.8, 4) is 17.0 Å². The zero-order valence-corrected chi connectivity index (χ0v) is 22.5. The van der Waals surface area contributed by atoms with Gasteiger partial charge >= 0.3 is 12.0 Å². The number of ether oxygens (including phenoxy) is 2. The average molecular weight is 540 g/mol. The molecule has 9 nitrogen and oxygen atoms in total. The summed E-state index contributed by atoms with van der Waals surface area (Å²) in [6, 6.07) is 14.0. The molecule has 1 aliphatic rings. The first-order valence-corrected chi connectivity index (χ1v) is 13.3. The van der Waals surface area contributed by atoms with Crippen LogP contribution in [0.1, 0.15) is 26.2 Å². The highest BCUT2D eigenvalue weighted by atomic mass is 35.5. The molecule has 0 saturated carbocycles. The van der Waals surface area contributed by atoms with Gasteiger partial charge in [0.1, 0.15) is 12.4 Å². The van der Waals surface area contributed by atoms with E-state index in [-0.39, 0.29) is 12.0 Å². The SMILES string of the molecule is CCOC(=O)CC1CCCN(CCOc2ccc(NC(=O)Nc3ccc(Cl)cc3)cc2-c2ccnn2C)C1. The molecule has 10 heteroatoms. The van der Waals surface area contributed by atoms with Crippen molar-refractivity contribution in [3.05, 3.63) is 59.8 Å². The van der Waals surface area contributed by atoms with Gasteiger partial charge in [-0.1, -0.05) is 11.6 Å². The summed E-state index contributed by atoms with van der Waals surface area (Å²) in [7, 11) is 1.86. The number of likely N-dealkylation sites (tertiary alicyclic amines) is 1. The third kappa shape index (κ3) is 7.72. The second-order valence-electron chi connectivity index (χ2n) is 9.30. The fourth-order valence-electron chi connectivity index (χ4n) is 4.66. The Morgan fingerprint density at radius 3 is 2.61 bits per heavy atom. The number of carbonyl (C=O) groups excluding carboxylic acids is 2. The van der Waals surface area contributed by atoms with Crippen LogP contribution in [0.2, 0.25) is 5.02 Å². The minimum Gasteiger partial charge on any atom is -0.492 e. The molecule has 0 spiro atoms. The minimum atomic E-state index is -0.362. The lowest BCUT2D eigenvalue weighted by atomic mass is 9.95. The van der Waals surface area contributed by atoms with Gasteiger partial charge in [-0.05, 0) is 80.8 Å². The summed E-state index contributed by atoms with van der Waals surface area (Å²) in [6.07, 6.45) is 4.30. The number of anilines is 2. The van der Waals surface area contributed by atoms with Gasteiger partial charge in [0.05, 0.1) is 12.3 Å². The number of nitrogens with zero attached hydrogens (tertiary/aromatic N) is 3. The molecule has 1 aliphatic heterocycles. The third-order valence-electron chi connectivity index (χ3n) is 6.47. The quantitative estimate of drug-likeness (QED) is 0.333. The number of esters is 1. The van der Waals surface area contributed by atoms with Gasteiger partial charge in [0.15, 0.2) is 0 Å². The topological polar surface area (TPSA) is 97.7 Å². The van der Waals surface area contributed by atoms with Crippen molar-refractivity contribution in [1.29, 1.82) is 0 Å². The highest BCUT2D eigenvalue weighted by Gasteiger charge is 2.23. The molecule has 1 unspecified atom stereocenters. The predicted molar refractivity (Wildman–Crippen MR) is 149 cm³/mol. The summed E-state index contributed by atoms with van der Waals surface area (Å²) in [5, 5.41) is 10.6. The van der Waals surface area contributed by atoms with Crippen LogP contribution in [-0.4, -0.2) is 59.5 Å². The molecule has 1 fully saturated rings. The minimum absolute atomic E-state index is 0.119. The van der Waals surface area contributed by atoms with Crippen LogP contribution in [0.5, 0.6) is 5.75 Å². The molecule has 38 heavy (non-hydrogen) atoms. The van der Waals surface area contributed by atoms with Gasteiger partial charge in [-0.3, -0.25) is 14.4 Å². The smallest absolute Gasteiger partial charge is 0.323 e. The molecule has 1 saturated heterocycles. The Hall–Kier alpha value is -3.56. The van der Waals surface area contributed by atoms with E-state index in [1.165, 1.54) is 0 Å². The van der Waals surface area contributed by atoms with Crippen molar-refractivity contribution in [1.82, 2.24) is 14.7 Å². The third-order valence-corrected chi connectivity index (χ3v) is 6.72. The zero-order chi connectivity index (χ0) is 26.9. The second-order valence-corrected chi connectivity index (χ2v) is 9.74. The number of piperidine rings is 1. The molecule has 2 heterocycles. The lowest BCUT2D eigenvalue weighted by Crippen LogP contribution is -2.38. The molecule has 3 aromatic rings. The van der Waals surface area contributed by atoms with Crippen molar-refractivity contribution in [2.45, 2.75) is 26.2 Å². The van der Waals surface area contributed by atoms with E-state index in [0.29, 0.717) is 47.7 Å². The monoisotopic (exact) mass is 539 g/mol. The molecule has 2 amide bonds. The largest absolute Gasteiger partial charge is 0.492 e. The van der Waals surface area contributed by atoms with Crippen LogP contribution in [0.25, 0.3) is 11.3 Å². The summed E-state index contributed by atoms with van der Waals surface area (Å²) in [5.41, 5.74) is 2.96. The molecule has 0 bridgehead atoms. The van der Waals surface area contributed by atoms with Crippen molar-refractivity contribution in [2.75, 3.05) is 43.5 Å². The number of benzene rings is 2. The number of aryl methyl sites for hydroxylation is 1. The van der Waals surface area contributed by atoms with Gasteiger partial charge < -0.3 is 20.1 Å². The number of urea groups is 1. The van der Waals surface area contributed by atoms with E-state index in [1.54, 1.807) is 35.1 Å². The second kappa shape index (κ2) is 13.3. The van der Waals surface area contributed by atoms with E-state index in [2.05, 4.69) is 20.6 Å². The lowest BCUT2D eigenvalue weighted by molar-refractivity contribution is -0.144. The summed E-state index contributed by atoms with van der Waals surface area (Å²) in [4.78, 5) is 26.8.